The number of hydrogen-bond donors (Lipinski definition) is 2. The second kappa shape index (κ2) is 5.29. The van der Waals surface area contributed by atoms with E-state index in [1.54, 1.807) is 0 Å². The number of aromatic nitrogens is 1. The molecule has 0 fully saturated rings. The van der Waals surface area contributed by atoms with Gasteiger partial charge in [-0.15, -0.1) is 0 Å². The Labute approximate surface area is 92.6 Å². The van der Waals surface area contributed by atoms with Gasteiger partial charge < -0.3 is 14.9 Å². The fourth-order valence-electron chi connectivity index (χ4n) is 1.24. The molecule has 0 atom stereocenters. The third kappa shape index (κ3) is 2.82. The summed E-state index contributed by atoms with van der Waals surface area (Å²) in [6.45, 7) is 3.92. The van der Waals surface area contributed by atoms with Crippen molar-refractivity contribution in [1.29, 1.82) is 0 Å². The molecule has 1 aromatic heterocycles. The van der Waals surface area contributed by atoms with Crippen LogP contribution in [0.4, 0.5) is 0 Å². The van der Waals surface area contributed by atoms with Crippen molar-refractivity contribution in [1.82, 2.24) is 10.5 Å². The topological polar surface area (TPSA) is 92.4 Å². The van der Waals surface area contributed by atoms with Crippen LogP contribution in [0, 0.1) is 0 Å². The van der Waals surface area contributed by atoms with E-state index in [0.717, 1.165) is 18.9 Å². The highest BCUT2D eigenvalue weighted by molar-refractivity contribution is 5.94. The zero-order chi connectivity index (χ0) is 12.1. The molecular formula is C10H14N2O4. The van der Waals surface area contributed by atoms with Gasteiger partial charge in [0.05, 0.1) is 0 Å². The molecule has 0 radical (unpaired) electrons. The molecule has 6 heteroatoms. The van der Waals surface area contributed by atoms with Crippen molar-refractivity contribution in [2.45, 2.75) is 32.7 Å². The molecule has 1 aromatic rings. The van der Waals surface area contributed by atoms with Crippen LogP contribution in [0.1, 0.15) is 47.7 Å². The van der Waals surface area contributed by atoms with Gasteiger partial charge in [0.2, 0.25) is 5.76 Å². The summed E-state index contributed by atoms with van der Waals surface area (Å²) in [6, 6.07) is 1.18. The summed E-state index contributed by atoms with van der Waals surface area (Å²) in [5, 5.41) is 14.7. The number of nitrogens with one attached hydrogen (secondary N) is 1. The molecule has 2 N–H and O–H groups in total. The number of aromatic carboxylic acids is 1. The Balaban J connectivity index is 2.69. The van der Waals surface area contributed by atoms with Gasteiger partial charge >= 0.3 is 5.97 Å². The van der Waals surface area contributed by atoms with E-state index < -0.39 is 11.9 Å². The quantitative estimate of drug-likeness (QED) is 0.789. The number of carbonyl (C=O) groups is 2. The van der Waals surface area contributed by atoms with E-state index in [-0.39, 0.29) is 17.5 Å². The van der Waals surface area contributed by atoms with Gasteiger partial charge in [0.1, 0.15) is 0 Å². The maximum absolute atomic E-state index is 11.6. The van der Waals surface area contributed by atoms with Crippen molar-refractivity contribution in [3.8, 4) is 0 Å². The molecule has 0 aliphatic heterocycles. The predicted molar refractivity (Wildman–Crippen MR) is 55.3 cm³/mol. The predicted octanol–water partition coefficient (Wildman–Crippen LogP) is 1.29. The minimum atomic E-state index is -1.24. The average Bonchev–Trinajstić information content (AvgIpc) is 2.74. The van der Waals surface area contributed by atoms with Crippen molar-refractivity contribution >= 4 is 11.9 Å². The molecular weight excluding hydrogens is 212 g/mol. The highest BCUT2D eigenvalue weighted by atomic mass is 16.5. The van der Waals surface area contributed by atoms with Crippen LogP contribution in [0.25, 0.3) is 0 Å². The Kier molecular flexibility index (Phi) is 4.04. The van der Waals surface area contributed by atoms with Crippen LogP contribution in [-0.4, -0.2) is 28.2 Å². The van der Waals surface area contributed by atoms with Gasteiger partial charge in [-0.05, 0) is 12.8 Å². The van der Waals surface area contributed by atoms with Gasteiger partial charge in [0, 0.05) is 12.1 Å². The molecule has 0 aliphatic rings. The zero-order valence-corrected chi connectivity index (χ0v) is 9.19. The Hall–Kier alpha value is -1.85. The van der Waals surface area contributed by atoms with Crippen molar-refractivity contribution < 1.29 is 19.2 Å². The van der Waals surface area contributed by atoms with Gasteiger partial charge in [-0.2, -0.15) is 0 Å². The monoisotopic (exact) mass is 226 g/mol. The molecule has 0 saturated carbocycles. The number of amides is 1. The lowest BCUT2D eigenvalue weighted by Crippen LogP contribution is -2.33. The van der Waals surface area contributed by atoms with Crippen molar-refractivity contribution in [2.75, 3.05) is 0 Å². The minimum absolute atomic E-state index is 0.00991. The summed E-state index contributed by atoms with van der Waals surface area (Å²) in [4.78, 5) is 22.1. The van der Waals surface area contributed by atoms with Gasteiger partial charge in [-0.25, -0.2) is 4.79 Å². The van der Waals surface area contributed by atoms with E-state index in [9.17, 15) is 9.59 Å². The Morgan fingerprint density at radius 3 is 2.56 bits per heavy atom. The maximum atomic E-state index is 11.6. The number of carboxylic acid groups (broad SMARTS) is 1. The first kappa shape index (κ1) is 12.2. The minimum Gasteiger partial charge on any atom is -0.475 e. The summed E-state index contributed by atoms with van der Waals surface area (Å²) in [5.41, 5.74) is -0.00991. The number of carbonyl (C=O) groups excluding carboxylic acids is 1. The largest absolute Gasteiger partial charge is 0.475 e. The van der Waals surface area contributed by atoms with Crippen LogP contribution < -0.4 is 5.32 Å². The third-order valence-corrected chi connectivity index (χ3v) is 2.27. The highest BCUT2D eigenvalue weighted by Crippen LogP contribution is 2.05. The molecule has 6 nitrogen and oxygen atoms in total. The lowest BCUT2D eigenvalue weighted by atomic mass is 10.1. The smallest absolute Gasteiger partial charge is 0.374 e. The second-order valence-electron chi connectivity index (χ2n) is 3.37. The lowest BCUT2D eigenvalue weighted by Gasteiger charge is -2.12. The van der Waals surface area contributed by atoms with Crippen LogP contribution in [0.15, 0.2) is 10.6 Å². The molecule has 1 amide bonds. The van der Waals surface area contributed by atoms with Crippen molar-refractivity contribution in [3.05, 3.63) is 17.5 Å². The maximum Gasteiger partial charge on any atom is 0.374 e. The summed E-state index contributed by atoms with van der Waals surface area (Å²) in [7, 11) is 0. The molecule has 16 heavy (non-hydrogen) atoms. The molecule has 0 unspecified atom stereocenters. The highest BCUT2D eigenvalue weighted by Gasteiger charge is 2.18. The molecule has 88 valence electrons. The van der Waals surface area contributed by atoms with Crippen LogP contribution >= 0.6 is 0 Å². The van der Waals surface area contributed by atoms with E-state index >= 15 is 0 Å². The van der Waals surface area contributed by atoms with Crippen LogP contribution in [0.3, 0.4) is 0 Å². The molecule has 0 spiro atoms. The lowest BCUT2D eigenvalue weighted by molar-refractivity contribution is 0.0651. The average molecular weight is 226 g/mol. The first-order chi connectivity index (χ1) is 7.58. The molecule has 0 bridgehead atoms. The van der Waals surface area contributed by atoms with Crippen LogP contribution in [0.2, 0.25) is 0 Å². The zero-order valence-electron chi connectivity index (χ0n) is 9.19. The van der Waals surface area contributed by atoms with E-state index in [0.29, 0.717) is 0 Å². The van der Waals surface area contributed by atoms with E-state index in [1.807, 2.05) is 13.8 Å². The molecule has 1 rings (SSSR count). The van der Waals surface area contributed by atoms with Crippen molar-refractivity contribution in [3.63, 3.8) is 0 Å². The first-order valence-electron chi connectivity index (χ1n) is 5.09. The fourth-order valence-corrected chi connectivity index (χ4v) is 1.24. The Morgan fingerprint density at radius 1 is 1.50 bits per heavy atom. The molecule has 1 heterocycles. The molecule has 0 aliphatic carbocycles. The summed E-state index contributed by atoms with van der Waals surface area (Å²) in [5.74, 6) is -1.99. The van der Waals surface area contributed by atoms with Crippen molar-refractivity contribution in [2.24, 2.45) is 0 Å². The first-order valence-corrected chi connectivity index (χ1v) is 5.09. The summed E-state index contributed by atoms with van der Waals surface area (Å²) >= 11 is 0. The van der Waals surface area contributed by atoms with Crippen LogP contribution in [-0.2, 0) is 0 Å². The van der Waals surface area contributed by atoms with E-state index in [1.165, 1.54) is 0 Å². The number of hydrogen-bond acceptors (Lipinski definition) is 4. The number of nitrogens with zero attached hydrogens (tertiary/aromatic N) is 1. The molecule has 0 saturated heterocycles. The Morgan fingerprint density at radius 2 is 2.12 bits per heavy atom. The van der Waals surface area contributed by atoms with Gasteiger partial charge in [0.15, 0.2) is 5.69 Å². The fraction of sp³-hybridized carbons (Fsp3) is 0.500. The van der Waals surface area contributed by atoms with Gasteiger partial charge in [-0.3, -0.25) is 4.79 Å². The van der Waals surface area contributed by atoms with Crippen LogP contribution in [0.5, 0.6) is 0 Å². The third-order valence-electron chi connectivity index (χ3n) is 2.27. The summed E-state index contributed by atoms with van der Waals surface area (Å²) in [6.07, 6.45) is 1.62. The number of carboxylic acids is 1. The van der Waals surface area contributed by atoms with Gasteiger partial charge in [0.25, 0.3) is 5.91 Å². The standard InChI is InChI=1S/C10H14N2O4/c1-3-6(4-2)11-9(13)7-5-8(10(14)15)16-12-7/h5-6H,3-4H2,1-2H3,(H,11,13)(H,14,15). The van der Waals surface area contributed by atoms with Gasteiger partial charge in [-0.1, -0.05) is 19.0 Å². The van der Waals surface area contributed by atoms with E-state index in [4.69, 9.17) is 5.11 Å². The SMILES string of the molecule is CCC(CC)NC(=O)c1cc(C(=O)O)on1. The number of rotatable bonds is 5. The summed E-state index contributed by atoms with van der Waals surface area (Å²) < 4.78 is 4.49. The second-order valence-corrected chi connectivity index (χ2v) is 3.37. The van der Waals surface area contributed by atoms with E-state index in [2.05, 4.69) is 15.0 Å². The normalized spacial score (nSPS) is 10.4. The Bertz CT molecular complexity index is 382. The molecule has 0 aromatic carbocycles.